The molecule has 1 aromatic carbocycles. The van der Waals surface area contributed by atoms with Crippen molar-refractivity contribution in [2.24, 2.45) is 5.10 Å². The first-order valence-corrected chi connectivity index (χ1v) is 7.68. The van der Waals surface area contributed by atoms with Crippen LogP contribution in [0, 0.1) is 0 Å². The van der Waals surface area contributed by atoms with Crippen molar-refractivity contribution in [2.45, 2.75) is 6.17 Å². The number of nitrogens with one attached hydrogen (secondary N) is 2. The molecule has 1 aliphatic heterocycles. The number of benzene rings is 1. The summed E-state index contributed by atoms with van der Waals surface area (Å²) in [5.74, 6) is 0.827. The Morgan fingerprint density at radius 2 is 2.13 bits per heavy atom. The van der Waals surface area contributed by atoms with Crippen LogP contribution in [0.1, 0.15) is 17.5 Å². The van der Waals surface area contributed by atoms with E-state index in [1.54, 1.807) is 48.7 Å². The van der Waals surface area contributed by atoms with Crippen molar-refractivity contribution in [3.05, 3.63) is 73.7 Å². The van der Waals surface area contributed by atoms with Gasteiger partial charge < -0.3 is 9.52 Å². The number of rotatable bonds is 2. The number of furan rings is 1. The molecule has 2 aromatic heterocycles. The Balaban J connectivity index is 1.74. The van der Waals surface area contributed by atoms with E-state index in [4.69, 9.17) is 4.42 Å². The highest BCUT2D eigenvalue weighted by Gasteiger charge is 2.19. The highest BCUT2D eigenvalue weighted by Crippen LogP contribution is 2.12. The molecule has 3 aromatic rings. The van der Waals surface area contributed by atoms with Crippen molar-refractivity contribution in [1.82, 2.24) is 10.1 Å². The zero-order valence-electron chi connectivity index (χ0n) is 11.8. The molecular weight excluding hydrogens is 316 g/mol. The first kappa shape index (κ1) is 13.6. The van der Waals surface area contributed by atoms with Crippen LogP contribution in [-0.2, 0) is 0 Å². The summed E-state index contributed by atoms with van der Waals surface area (Å²) in [5, 5.41) is 13.5. The second-order valence-corrected chi connectivity index (χ2v) is 5.95. The Labute approximate surface area is 133 Å². The van der Waals surface area contributed by atoms with Crippen molar-refractivity contribution in [3.8, 4) is 5.75 Å². The van der Waals surface area contributed by atoms with Crippen molar-refractivity contribution >= 4 is 17.4 Å². The van der Waals surface area contributed by atoms with Crippen LogP contribution in [0.15, 0.2) is 57.0 Å². The molecule has 116 valence electrons. The first-order valence-electron chi connectivity index (χ1n) is 6.86. The van der Waals surface area contributed by atoms with E-state index in [0.29, 0.717) is 15.1 Å². The molecule has 1 atom stereocenters. The summed E-state index contributed by atoms with van der Waals surface area (Å²) in [6.07, 6.45) is 2.93. The highest BCUT2D eigenvalue weighted by atomic mass is 32.1. The van der Waals surface area contributed by atoms with Crippen LogP contribution >= 0.6 is 11.3 Å². The van der Waals surface area contributed by atoms with Crippen LogP contribution in [0.5, 0.6) is 5.75 Å². The van der Waals surface area contributed by atoms with Gasteiger partial charge in [-0.05, 0) is 35.9 Å². The predicted molar refractivity (Wildman–Crippen MR) is 85.0 cm³/mol. The van der Waals surface area contributed by atoms with Crippen molar-refractivity contribution < 1.29 is 9.52 Å². The number of hydrogen-bond donors (Lipinski definition) is 3. The van der Waals surface area contributed by atoms with Gasteiger partial charge in [-0.3, -0.25) is 15.6 Å². The molecule has 3 N–H and O–H groups in total. The molecule has 8 heteroatoms. The molecule has 0 radical (unpaired) electrons. The molecule has 0 spiro atoms. The Hall–Kier alpha value is -3.00. The van der Waals surface area contributed by atoms with Crippen LogP contribution < -0.4 is 25.7 Å². The maximum Gasteiger partial charge on any atom is 0.289 e. The van der Waals surface area contributed by atoms with Crippen LogP contribution in [0.3, 0.4) is 0 Å². The van der Waals surface area contributed by atoms with Crippen molar-refractivity contribution in [2.75, 3.05) is 5.43 Å². The lowest BCUT2D eigenvalue weighted by Gasteiger charge is -2.20. The van der Waals surface area contributed by atoms with E-state index in [0.717, 1.165) is 5.56 Å². The quantitative estimate of drug-likeness (QED) is 0.634. The van der Waals surface area contributed by atoms with Gasteiger partial charge in [0.1, 0.15) is 11.5 Å². The molecule has 7 nitrogen and oxygen atoms in total. The number of aromatic nitrogens is 1. The molecule has 1 unspecified atom stereocenters. The predicted octanol–water partition coefficient (Wildman–Crippen LogP) is 0.417. The maximum atomic E-state index is 12.5. The van der Waals surface area contributed by atoms with Gasteiger partial charge in [0.2, 0.25) is 4.80 Å². The molecule has 0 amide bonds. The smallest absolute Gasteiger partial charge is 0.289 e. The summed E-state index contributed by atoms with van der Waals surface area (Å²) < 4.78 is 7.26. The van der Waals surface area contributed by atoms with E-state index in [1.807, 2.05) is 0 Å². The minimum absolute atomic E-state index is 0.181. The van der Waals surface area contributed by atoms with Gasteiger partial charge in [0.05, 0.1) is 10.8 Å². The average molecular weight is 328 g/mol. The maximum absolute atomic E-state index is 12.5. The van der Waals surface area contributed by atoms with E-state index in [1.165, 1.54) is 16.0 Å². The van der Waals surface area contributed by atoms with Gasteiger partial charge in [0.25, 0.3) is 5.56 Å². The SMILES string of the molecule is O=c1/c(=C\c2ccc(O)cc2)sc2n1NC(c1ccco1)NN=2. The fourth-order valence-electron chi connectivity index (χ4n) is 2.24. The van der Waals surface area contributed by atoms with Crippen LogP contribution in [-0.4, -0.2) is 9.78 Å². The first-order chi connectivity index (χ1) is 11.2. The molecule has 0 bridgehead atoms. The Morgan fingerprint density at radius 3 is 2.87 bits per heavy atom. The summed E-state index contributed by atoms with van der Waals surface area (Å²) in [5.41, 5.74) is 6.60. The minimum atomic E-state index is -0.397. The number of phenolic OH excluding ortho intramolecular Hbond substituents is 1. The van der Waals surface area contributed by atoms with Gasteiger partial charge >= 0.3 is 0 Å². The monoisotopic (exact) mass is 328 g/mol. The third-order valence-corrected chi connectivity index (χ3v) is 4.34. The summed E-state index contributed by atoms with van der Waals surface area (Å²) >= 11 is 1.27. The molecule has 23 heavy (non-hydrogen) atoms. The molecule has 1 aliphatic rings. The van der Waals surface area contributed by atoms with Gasteiger partial charge in [-0.25, -0.2) is 0 Å². The molecular formula is C15H12N4O3S. The average Bonchev–Trinajstić information content (AvgIpc) is 3.19. The fraction of sp³-hybridized carbons (Fsp3) is 0.0667. The zero-order chi connectivity index (χ0) is 15.8. The van der Waals surface area contributed by atoms with Gasteiger partial charge in [-0.1, -0.05) is 23.5 Å². The van der Waals surface area contributed by atoms with E-state index in [-0.39, 0.29) is 11.3 Å². The number of nitrogens with zero attached hydrogens (tertiary/aromatic N) is 2. The van der Waals surface area contributed by atoms with Gasteiger partial charge in [-0.2, -0.15) is 4.68 Å². The van der Waals surface area contributed by atoms with E-state index >= 15 is 0 Å². The fourth-order valence-corrected chi connectivity index (χ4v) is 3.14. The molecule has 0 fully saturated rings. The van der Waals surface area contributed by atoms with E-state index in [9.17, 15) is 9.90 Å². The number of aromatic hydroxyl groups is 1. The molecule has 0 aliphatic carbocycles. The summed E-state index contributed by atoms with van der Waals surface area (Å²) in [6.45, 7) is 0. The van der Waals surface area contributed by atoms with Crippen LogP contribution in [0.2, 0.25) is 0 Å². The van der Waals surface area contributed by atoms with Crippen LogP contribution in [0.25, 0.3) is 6.08 Å². The minimum Gasteiger partial charge on any atom is -0.508 e. The molecule has 0 saturated carbocycles. The normalized spacial score (nSPS) is 17.0. The summed E-state index contributed by atoms with van der Waals surface area (Å²) in [7, 11) is 0. The lowest BCUT2D eigenvalue weighted by molar-refractivity contribution is 0.400. The molecule has 3 heterocycles. The van der Waals surface area contributed by atoms with E-state index in [2.05, 4.69) is 16.0 Å². The van der Waals surface area contributed by atoms with Gasteiger partial charge in [0, 0.05) is 0 Å². The highest BCUT2D eigenvalue weighted by molar-refractivity contribution is 7.07. The van der Waals surface area contributed by atoms with Gasteiger partial charge in [0.15, 0.2) is 6.17 Å². The van der Waals surface area contributed by atoms with E-state index < -0.39 is 6.17 Å². The molecule has 4 rings (SSSR count). The second-order valence-electron chi connectivity index (χ2n) is 4.94. The summed E-state index contributed by atoms with van der Waals surface area (Å²) in [6, 6.07) is 10.2. The number of fused-ring (bicyclic) bond motifs is 1. The number of hydrogen-bond acceptors (Lipinski definition) is 7. The largest absolute Gasteiger partial charge is 0.508 e. The van der Waals surface area contributed by atoms with Crippen molar-refractivity contribution in [3.63, 3.8) is 0 Å². The number of thiazole rings is 1. The summed E-state index contributed by atoms with van der Waals surface area (Å²) in [4.78, 5) is 13.0. The Kier molecular flexibility index (Phi) is 3.16. The molecule has 0 saturated heterocycles. The lowest BCUT2D eigenvalue weighted by Crippen LogP contribution is -2.47. The Bertz CT molecular complexity index is 1000. The van der Waals surface area contributed by atoms with Crippen LogP contribution in [0.4, 0.5) is 0 Å². The number of phenols is 1. The zero-order valence-corrected chi connectivity index (χ0v) is 12.6. The Morgan fingerprint density at radius 1 is 1.30 bits per heavy atom. The van der Waals surface area contributed by atoms with Crippen molar-refractivity contribution in [1.29, 1.82) is 0 Å². The second kappa shape index (κ2) is 5.33. The topological polar surface area (TPSA) is 91.8 Å². The third-order valence-electron chi connectivity index (χ3n) is 3.37. The van der Waals surface area contributed by atoms with Gasteiger partial charge in [-0.15, -0.1) is 5.10 Å². The third kappa shape index (κ3) is 2.49. The lowest BCUT2D eigenvalue weighted by atomic mass is 10.2. The standard InChI is InChI=1S/C15H12N4O3S/c20-10-5-3-9(4-6-10)8-12-14(21)19-15(23-12)17-16-13(18-19)11-2-1-7-22-11/h1-8,13,16,18,20H/b12-8+.